The van der Waals surface area contributed by atoms with Crippen LogP contribution in [0.1, 0.15) is 23.7 Å². The van der Waals surface area contributed by atoms with E-state index in [2.05, 4.69) is 11.8 Å². The quantitative estimate of drug-likeness (QED) is 0.797. The molecule has 3 N–H and O–H groups in total. The molecule has 18 heavy (non-hydrogen) atoms. The molecule has 0 aromatic heterocycles. The van der Waals surface area contributed by atoms with Crippen LogP contribution in [0.15, 0.2) is 18.2 Å². The van der Waals surface area contributed by atoms with Crippen LogP contribution in [0.25, 0.3) is 0 Å². The molecule has 1 atom stereocenters. The van der Waals surface area contributed by atoms with Crippen molar-refractivity contribution >= 4 is 17.3 Å². The number of morpholine rings is 1. The van der Waals surface area contributed by atoms with Crippen molar-refractivity contribution in [2.75, 3.05) is 30.4 Å². The number of rotatable bonds is 3. The number of carboxylic acids is 1. The van der Waals surface area contributed by atoms with Crippen LogP contribution in [0, 0.1) is 0 Å². The van der Waals surface area contributed by atoms with E-state index in [0.29, 0.717) is 24.9 Å². The summed E-state index contributed by atoms with van der Waals surface area (Å²) in [4.78, 5) is 13.1. The number of ether oxygens (including phenoxy) is 1. The summed E-state index contributed by atoms with van der Waals surface area (Å²) in [5.41, 5.74) is 7.59. The van der Waals surface area contributed by atoms with E-state index in [1.54, 1.807) is 12.1 Å². The molecule has 1 saturated heterocycles. The van der Waals surface area contributed by atoms with Crippen LogP contribution in [-0.2, 0) is 4.74 Å². The highest BCUT2D eigenvalue weighted by Crippen LogP contribution is 2.28. The third-order valence-electron chi connectivity index (χ3n) is 3.28. The number of carboxylic acid groups (broad SMARTS) is 1. The van der Waals surface area contributed by atoms with Gasteiger partial charge in [0.05, 0.1) is 36.2 Å². The lowest BCUT2D eigenvalue weighted by Gasteiger charge is -2.37. The van der Waals surface area contributed by atoms with Gasteiger partial charge in [-0.05, 0) is 24.6 Å². The monoisotopic (exact) mass is 250 g/mol. The second-order valence-corrected chi connectivity index (χ2v) is 4.41. The summed E-state index contributed by atoms with van der Waals surface area (Å²) >= 11 is 0. The van der Waals surface area contributed by atoms with Crippen molar-refractivity contribution in [3.8, 4) is 0 Å². The molecule has 1 fully saturated rings. The molecule has 5 nitrogen and oxygen atoms in total. The number of aromatic carboxylic acids is 1. The summed E-state index contributed by atoms with van der Waals surface area (Å²) in [7, 11) is 0. The normalized spacial score (nSPS) is 19.8. The molecule has 1 unspecified atom stereocenters. The Morgan fingerprint density at radius 2 is 2.39 bits per heavy atom. The zero-order valence-electron chi connectivity index (χ0n) is 10.4. The average Bonchev–Trinajstić information content (AvgIpc) is 2.38. The van der Waals surface area contributed by atoms with Crippen LogP contribution in [0.4, 0.5) is 11.4 Å². The largest absolute Gasteiger partial charge is 0.478 e. The van der Waals surface area contributed by atoms with Gasteiger partial charge < -0.3 is 20.5 Å². The van der Waals surface area contributed by atoms with Gasteiger partial charge in [0, 0.05) is 6.54 Å². The summed E-state index contributed by atoms with van der Waals surface area (Å²) in [5.74, 6) is -0.956. The summed E-state index contributed by atoms with van der Waals surface area (Å²) in [5, 5.41) is 8.92. The minimum Gasteiger partial charge on any atom is -0.478 e. The molecule has 1 aliphatic rings. The standard InChI is InChI=1S/C13H18N2O3/c1-2-10-8-18-6-5-15(10)12-4-3-9(13(16)17)7-11(12)14/h3-4,7,10H,2,5-6,8,14H2,1H3,(H,16,17). The number of hydrogen-bond acceptors (Lipinski definition) is 4. The molecule has 1 aliphatic heterocycles. The molecule has 2 rings (SSSR count). The van der Waals surface area contributed by atoms with E-state index in [1.165, 1.54) is 6.07 Å². The fourth-order valence-electron chi connectivity index (χ4n) is 2.26. The number of nitrogens with zero attached hydrogens (tertiary/aromatic N) is 1. The van der Waals surface area contributed by atoms with Crippen molar-refractivity contribution in [2.24, 2.45) is 0 Å². The van der Waals surface area contributed by atoms with Gasteiger partial charge in [0.25, 0.3) is 0 Å². The lowest BCUT2D eigenvalue weighted by Crippen LogP contribution is -2.45. The first-order valence-electron chi connectivity index (χ1n) is 6.10. The van der Waals surface area contributed by atoms with Crippen LogP contribution < -0.4 is 10.6 Å². The first kappa shape index (κ1) is 12.7. The maximum atomic E-state index is 10.9. The molecule has 0 saturated carbocycles. The Balaban J connectivity index is 2.29. The van der Waals surface area contributed by atoms with Crippen LogP contribution in [0.5, 0.6) is 0 Å². The van der Waals surface area contributed by atoms with Crippen molar-refractivity contribution in [2.45, 2.75) is 19.4 Å². The Hall–Kier alpha value is -1.75. The van der Waals surface area contributed by atoms with Gasteiger partial charge in [0.1, 0.15) is 0 Å². The Morgan fingerprint density at radius 3 is 3.00 bits per heavy atom. The predicted octanol–water partition coefficient (Wildman–Crippen LogP) is 1.58. The third-order valence-corrected chi connectivity index (χ3v) is 3.28. The van der Waals surface area contributed by atoms with Crippen molar-refractivity contribution in [3.63, 3.8) is 0 Å². The van der Waals surface area contributed by atoms with Crippen LogP contribution in [-0.4, -0.2) is 36.9 Å². The lowest BCUT2D eigenvalue weighted by atomic mass is 10.1. The van der Waals surface area contributed by atoms with Crippen molar-refractivity contribution in [3.05, 3.63) is 23.8 Å². The number of carbonyl (C=O) groups is 1. The van der Waals surface area contributed by atoms with E-state index in [-0.39, 0.29) is 5.56 Å². The minimum absolute atomic E-state index is 0.220. The molecule has 1 heterocycles. The number of hydrogen-bond donors (Lipinski definition) is 2. The van der Waals surface area contributed by atoms with Gasteiger partial charge in [-0.1, -0.05) is 6.92 Å². The molecule has 5 heteroatoms. The van der Waals surface area contributed by atoms with E-state index >= 15 is 0 Å². The van der Waals surface area contributed by atoms with Crippen LogP contribution in [0.3, 0.4) is 0 Å². The predicted molar refractivity (Wildman–Crippen MR) is 70.1 cm³/mol. The molecule has 0 amide bonds. The zero-order valence-corrected chi connectivity index (χ0v) is 10.4. The van der Waals surface area contributed by atoms with E-state index in [0.717, 1.165) is 18.7 Å². The maximum absolute atomic E-state index is 10.9. The van der Waals surface area contributed by atoms with Crippen molar-refractivity contribution in [1.29, 1.82) is 0 Å². The number of nitrogens with two attached hydrogens (primary N) is 1. The highest BCUT2D eigenvalue weighted by Gasteiger charge is 2.23. The topological polar surface area (TPSA) is 75.8 Å². The fraction of sp³-hybridized carbons (Fsp3) is 0.462. The van der Waals surface area contributed by atoms with Crippen LogP contribution in [0.2, 0.25) is 0 Å². The lowest BCUT2D eigenvalue weighted by molar-refractivity contribution is 0.0697. The second kappa shape index (κ2) is 5.27. The number of benzene rings is 1. The third kappa shape index (κ3) is 2.41. The average molecular weight is 250 g/mol. The van der Waals surface area contributed by atoms with E-state index in [1.807, 2.05) is 0 Å². The summed E-state index contributed by atoms with van der Waals surface area (Å²) < 4.78 is 5.45. The highest BCUT2D eigenvalue weighted by molar-refractivity contribution is 5.90. The zero-order chi connectivity index (χ0) is 13.1. The van der Waals surface area contributed by atoms with Gasteiger partial charge in [0.2, 0.25) is 0 Å². The number of anilines is 2. The smallest absolute Gasteiger partial charge is 0.335 e. The Morgan fingerprint density at radius 1 is 1.61 bits per heavy atom. The van der Waals surface area contributed by atoms with Gasteiger partial charge in [-0.25, -0.2) is 4.79 Å². The molecular formula is C13H18N2O3. The molecule has 98 valence electrons. The molecule has 0 bridgehead atoms. The van der Waals surface area contributed by atoms with Crippen LogP contribution >= 0.6 is 0 Å². The molecular weight excluding hydrogens is 232 g/mol. The molecule has 0 spiro atoms. The number of nitrogen functional groups attached to an aromatic ring is 1. The van der Waals surface area contributed by atoms with Gasteiger partial charge in [-0.3, -0.25) is 0 Å². The Labute approximate surface area is 106 Å². The highest BCUT2D eigenvalue weighted by atomic mass is 16.5. The summed E-state index contributed by atoms with van der Waals surface area (Å²) in [6.07, 6.45) is 0.972. The molecule has 0 aliphatic carbocycles. The summed E-state index contributed by atoms with van der Waals surface area (Å²) in [6.45, 7) is 4.26. The fourth-order valence-corrected chi connectivity index (χ4v) is 2.26. The van der Waals surface area contributed by atoms with Gasteiger partial charge >= 0.3 is 5.97 Å². The molecule has 0 radical (unpaired) electrons. The van der Waals surface area contributed by atoms with E-state index in [9.17, 15) is 4.79 Å². The van der Waals surface area contributed by atoms with Gasteiger partial charge in [0.15, 0.2) is 0 Å². The van der Waals surface area contributed by atoms with Crippen molar-refractivity contribution < 1.29 is 14.6 Å². The van der Waals surface area contributed by atoms with Gasteiger partial charge in [-0.2, -0.15) is 0 Å². The molecule has 1 aromatic carbocycles. The van der Waals surface area contributed by atoms with E-state index in [4.69, 9.17) is 15.6 Å². The molecule has 1 aromatic rings. The van der Waals surface area contributed by atoms with E-state index < -0.39 is 5.97 Å². The first-order valence-corrected chi connectivity index (χ1v) is 6.10. The maximum Gasteiger partial charge on any atom is 0.335 e. The SMILES string of the molecule is CCC1COCCN1c1ccc(C(=O)O)cc1N. The van der Waals surface area contributed by atoms with Crippen molar-refractivity contribution in [1.82, 2.24) is 0 Å². The second-order valence-electron chi connectivity index (χ2n) is 4.41. The first-order chi connectivity index (χ1) is 8.63. The summed E-state index contributed by atoms with van der Waals surface area (Å²) in [6, 6.07) is 5.19. The van der Waals surface area contributed by atoms with Gasteiger partial charge in [-0.15, -0.1) is 0 Å². The Kier molecular flexibility index (Phi) is 3.72. The Bertz CT molecular complexity index is 448. The minimum atomic E-state index is -0.956.